The summed E-state index contributed by atoms with van der Waals surface area (Å²) in [5.41, 5.74) is 0.586. The topological polar surface area (TPSA) is 54.9 Å². The highest BCUT2D eigenvalue weighted by molar-refractivity contribution is 5.93. The second kappa shape index (κ2) is 5.27. The quantitative estimate of drug-likeness (QED) is 0.908. The van der Waals surface area contributed by atoms with Crippen molar-refractivity contribution in [3.05, 3.63) is 23.8 Å². The van der Waals surface area contributed by atoms with Gasteiger partial charge >= 0.3 is 0 Å². The van der Waals surface area contributed by atoms with Gasteiger partial charge in [-0.1, -0.05) is 6.92 Å². The molecule has 0 spiro atoms. The fourth-order valence-corrected chi connectivity index (χ4v) is 2.68. The third-order valence-electron chi connectivity index (χ3n) is 4.23. The van der Waals surface area contributed by atoms with Crippen molar-refractivity contribution in [1.29, 1.82) is 0 Å². The molecule has 0 radical (unpaired) electrons. The number of nitrogens with zero attached hydrogens (tertiary/aromatic N) is 2. The first-order chi connectivity index (χ1) is 9.22. The normalized spacial score (nSPS) is 27.0. The maximum absolute atomic E-state index is 12.1. The number of hydrogen-bond donors (Lipinski definition) is 1. The first-order valence-electron chi connectivity index (χ1n) is 7.35. The molecule has 0 unspecified atom stereocenters. The van der Waals surface area contributed by atoms with Crippen molar-refractivity contribution < 1.29 is 4.79 Å². The lowest BCUT2D eigenvalue weighted by Crippen LogP contribution is -2.37. The zero-order valence-corrected chi connectivity index (χ0v) is 11.4. The standard InChI is InChI=1S/C15H21N3O/c1-10-2-6-13(7-3-10)18-15(19)12-8-16-14(17-9-12)11-4-5-11/h8-11,13H,2-7H2,1H3,(H,18,19). The summed E-state index contributed by atoms with van der Waals surface area (Å²) < 4.78 is 0. The van der Waals surface area contributed by atoms with Gasteiger partial charge in [-0.2, -0.15) is 0 Å². The molecule has 1 N–H and O–H groups in total. The fraction of sp³-hybridized carbons (Fsp3) is 0.667. The average molecular weight is 259 g/mol. The van der Waals surface area contributed by atoms with Gasteiger partial charge < -0.3 is 5.32 Å². The molecule has 0 aliphatic heterocycles. The monoisotopic (exact) mass is 259 g/mol. The molecule has 1 heterocycles. The lowest BCUT2D eigenvalue weighted by Gasteiger charge is -2.26. The molecular formula is C15H21N3O. The van der Waals surface area contributed by atoms with Crippen LogP contribution in [0.5, 0.6) is 0 Å². The van der Waals surface area contributed by atoms with Gasteiger partial charge in [0, 0.05) is 24.4 Å². The molecule has 102 valence electrons. The maximum Gasteiger partial charge on any atom is 0.254 e. The predicted octanol–water partition coefficient (Wildman–Crippen LogP) is 2.66. The van der Waals surface area contributed by atoms with Crippen LogP contribution in [-0.4, -0.2) is 21.9 Å². The van der Waals surface area contributed by atoms with Crippen molar-refractivity contribution in [3.63, 3.8) is 0 Å². The van der Waals surface area contributed by atoms with Gasteiger partial charge in [-0.25, -0.2) is 9.97 Å². The summed E-state index contributed by atoms with van der Waals surface area (Å²) >= 11 is 0. The van der Waals surface area contributed by atoms with Crippen LogP contribution in [0.4, 0.5) is 0 Å². The summed E-state index contributed by atoms with van der Waals surface area (Å²) in [4.78, 5) is 20.7. The van der Waals surface area contributed by atoms with Crippen LogP contribution >= 0.6 is 0 Å². The first kappa shape index (κ1) is 12.6. The molecule has 1 amide bonds. The highest BCUT2D eigenvalue weighted by atomic mass is 16.1. The van der Waals surface area contributed by atoms with Crippen LogP contribution in [0.15, 0.2) is 12.4 Å². The van der Waals surface area contributed by atoms with Crippen LogP contribution in [-0.2, 0) is 0 Å². The Labute approximate surface area is 114 Å². The van der Waals surface area contributed by atoms with Crippen LogP contribution in [0, 0.1) is 5.92 Å². The van der Waals surface area contributed by atoms with Crippen LogP contribution in [0.1, 0.15) is 67.5 Å². The maximum atomic E-state index is 12.1. The summed E-state index contributed by atoms with van der Waals surface area (Å²) in [6.45, 7) is 2.28. The lowest BCUT2D eigenvalue weighted by atomic mass is 9.87. The number of nitrogens with one attached hydrogen (secondary N) is 1. The highest BCUT2D eigenvalue weighted by Gasteiger charge is 2.26. The number of carbonyl (C=O) groups excluding carboxylic acids is 1. The smallest absolute Gasteiger partial charge is 0.254 e. The van der Waals surface area contributed by atoms with Crippen molar-refractivity contribution in [3.8, 4) is 0 Å². The van der Waals surface area contributed by atoms with E-state index in [1.807, 2.05) is 0 Å². The molecule has 4 heteroatoms. The van der Waals surface area contributed by atoms with Gasteiger partial charge in [0.1, 0.15) is 5.82 Å². The minimum atomic E-state index is -0.0260. The van der Waals surface area contributed by atoms with E-state index < -0.39 is 0 Å². The van der Waals surface area contributed by atoms with Crippen molar-refractivity contribution >= 4 is 5.91 Å². The Bertz CT molecular complexity index is 445. The molecule has 4 nitrogen and oxygen atoms in total. The van der Waals surface area contributed by atoms with Crippen molar-refractivity contribution in [2.24, 2.45) is 5.92 Å². The molecule has 2 fully saturated rings. The van der Waals surface area contributed by atoms with Crippen molar-refractivity contribution in [2.45, 2.75) is 57.4 Å². The number of hydrogen-bond acceptors (Lipinski definition) is 3. The summed E-state index contributed by atoms with van der Waals surface area (Å²) in [6.07, 6.45) is 10.3. The molecule has 0 atom stereocenters. The Balaban J connectivity index is 1.57. The Morgan fingerprint density at radius 2 is 1.74 bits per heavy atom. The van der Waals surface area contributed by atoms with Gasteiger partial charge in [0.05, 0.1) is 5.56 Å². The van der Waals surface area contributed by atoms with Crippen molar-refractivity contribution in [2.75, 3.05) is 0 Å². The molecule has 2 aliphatic rings. The van der Waals surface area contributed by atoms with Gasteiger partial charge in [-0.3, -0.25) is 4.79 Å². The Morgan fingerprint density at radius 3 is 2.32 bits per heavy atom. The second-order valence-electron chi connectivity index (χ2n) is 6.03. The Morgan fingerprint density at radius 1 is 1.11 bits per heavy atom. The molecule has 1 aromatic rings. The number of aromatic nitrogens is 2. The van der Waals surface area contributed by atoms with Gasteiger partial charge in [0.15, 0.2) is 0 Å². The van der Waals surface area contributed by atoms with Crippen LogP contribution in [0.2, 0.25) is 0 Å². The average Bonchev–Trinajstić information content (AvgIpc) is 3.26. The van der Waals surface area contributed by atoms with Gasteiger partial charge in [0.25, 0.3) is 5.91 Å². The molecule has 2 aliphatic carbocycles. The van der Waals surface area contributed by atoms with Crippen LogP contribution in [0.25, 0.3) is 0 Å². The molecule has 3 rings (SSSR count). The second-order valence-corrected chi connectivity index (χ2v) is 6.03. The molecular weight excluding hydrogens is 238 g/mol. The highest BCUT2D eigenvalue weighted by Crippen LogP contribution is 2.37. The molecule has 1 aromatic heterocycles. The number of carbonyl (C=O) groups is 1. The number of rotatable bonds is 3. The molecule has 2 saturated carbocycles. The van der Waals surface area contributed by atoms with E-state index in [1.54, 1.807) is 12.4 Å². The van der Waals surface area contributed by atoms with Gasteiger partial charge in [-0.15, -0.1) is 0 Å². The van der Waals surface area contributed by atoms with Gasteiger partial charge in [0.2, 0.25) is 0 Å². The van der Waals surface area contributed by atoms with Crippen LogP contribution in [0.3, 0.4) is 0 Å². The minimum absolute atomic E-state index is 0.0260. The van der Waals surface area contributed by atoms with E-state index in [4.69, 9.17) is 0 Å². The Hall–Kier alpha value is -1.45. The minimum Gasteiger partial charge on any atom is -0.349 e. The molecule has 19 heavy (non-hydrogen) atoms. The summed E-state index contributed by atoms with van der Waals surface area (Å²) in [5, 5.41) is 3.10. The zero-order chi connectivity index (χ0) is 13.2. The molecule has 0 saturated heterocycles. The van der Waals surface area contributed by atoms with E-state index in [2.05, 4.69) is 22.2 Å². The summed E-state index contributed by atoms with van der Waals surface area (Å²) in [6, 6.07) is 0.326. The van der Waals surface area contributed by atoms with E-state index in [-0.39, 0.29) is 5.91 Å². The first-order valence-corrected chi connectivity index (χ1v) is 7.35. The van der Waals surface area contributed by atoms with E-state index >= 15 is 0 Å². The zero-order valence-electron chi connectivity index (χ0n) is 11.4. The molecule has 0 aromatic carbocycles. The third-order valence-corrected chi connectivity index (χ3v) is 4.23. The SMILES string of the molecule is CC1CCC(NC(=O)c2cnc(C3CC3)nc2)CC1. The molecule has 0 bridgehead atoms. The van der Waals surface area contributed by atoms with E-state index in [1.165, 1.54) is 25.7 Å². The summed E-state index contributed by atoms with van der Waals surface area (Å²) in [7, 11) is 0. The van der Waals surface area contributed by atoms with E-state index in [0.717, 1.165) is 24.6 Å². The third kappa shape index (κ3) is 3.11. The van der Waals surface area contributed by atoms with Crippen molar-refractivity contribution in [1.82, 2.24) is 15.3 Å². The lowest BCUT2D eigenvalue weighted by molar-refractivity contribution is 0.0922. The van der Waals surface area contributed by atoms with E-state index in [0.29, 0.717) is 17.5 Å². The summed E-state index contributed by atoms with van der Waals surface area (Å²) in [5.74, 6) is 2.20. The van der Waals surface area contributed by atoms with E-state index in [9.17, 15) is 4.79 Å². The van der Waals surface area contributed by atoms with Crippen LogP contribution < -0.4 is 5.32 Å². The Kier molecular flexibility index (Phi) is 3.49. The fourth-order valence-electron chi connectivity index (χ4n) is 2.68. The number of amides is 1. The largest absolute Gasteiger partial charge is 0.349 e. The van der Waals surface area contributed by atoms with Gasteiger partial charge in [-0.05, 0) is 44.4 Å². The predicted molar refractivity (Wildman–Crippen MR) is 72.9 cm³/mol.